The lowest BCUT2D eigenvalue weighted by Crippen LogP contribution is -2.55. The van der Waals surface area contributed by atoms with Crippen LogP contribution in [-0.4, -0.2) is 45.5 Å². The minimum absolute atomic E-state index is 0.00615. The molecular formula is C15H23N3O4. The molecule has 2 N–H and O–H groups in total. The monoisotopic (exact) mass is 309 g/mol. The van der Waals surface area contributed by atoms with Crippen molar-refractivity contribution in [3.05, 3.63) is 17.5 Å². The second-order valence-corrected chi connectivity index (χ2v) is 5.70. The Balaban J connectivity index is 2.22. The van der Waals surface area contributed by atoms with E-state index in [-0.39, 0.29) is 19.1 Å². The zero-order valence-corrected chi connectivity index (χ0v) is 13.3. The largest absolute Gasteiger partial charge is 0.479 e. The number of nitrogens with zero attached hydrogens (tertiary/aromatic N) is 2. The van der Waals surface area contributed by atoms with Crippen molar-refractivity contribution in [1.82, 2.24) is 15.1 Å². The van der Waals surface area contributed by atoms with Crippen molar-refractivity contribution < 1.29 is 19.4 Å². The summed E-state index contributed by atoms with van der Waals surface area (Å²) in [5, 5.41) is 16.3. The Morgan fingerprint density at radius 1 is 1.50 bits per heavy atom. The lowest BCUT2D eigenvalue weighted by molar-refractivity contribution is -0.144. The van der Waals surface area contributed by atoms with Crippen LogP contribution in [0.2, 0.25) is 0 Å². The summed E-state index contributed by atoms with van der Waals surface area (Å²) in [4.78, 5) is 23.9. The van der Waals surface area contributed by atoms with Gasteiger partial charge in [0, 0.05) is 18.7 Å². The number of carbonyl (C=O) groups excluding carboxylic acids is 1. The van der Waals surface area contributed by atoms with Crippen LogP contribution >= 0.6 is 0 Å². The highest BCUT2D eigenvalue weighted by Gasteiger charge is 2.44. The summed E-state index contributed by atoms with van der Waals surface area (Å²) in [6.45, 7) is 6.31. The SMILES string of the molecule is CCC(CC)n1ncc(C(=O)NC2(C(=O)O)CCOC2)c1C. The molecule has 7 heteroatoms. The molecule has 0 spiro atoms. The van der Waals surface area contributed by atoms with Gasteiger partial charge in [-0.15, -0.1) is 0 Å². The molecule has 1 saturated heterocycles. The molecule has 1 aliphatic heterocycles. The van der Waals surface area contributed by atoms with Gasteiger partial charge in [-0.2, -0.15) is 5.10 Å². The van der Waals surface area contributed by atoms with Crippen molar-refractivity contribution in [3.63, 3.8) is 0 Å². The molecule has 22 heavy (non-hydrogen) atoms. The van der Waals surface area contributed by atoms with Gasteiger partial charge in [0.2, 0.25) is 0 Å². The third-order valence-corrected chi connectivity index (χ3v) is 4.36. The number of carboxylic acids is 1. The minimum Gasteiger partial charge on any atom is -0.479 e. The maximum absolute atomic E-state index is 12.5. The van der Waals surface area contributed by atoms with Gasteiger partial charge in [-0.25, -0.2) is 4.79 Å². The van der Waals surface area contributed by atoms with Crippen LogP contribution < -0.4 is 5.32 Å². The number of hydrogen-bond acceptors (Lipinski definition) is 4. The summed E-state index contributed by atoms with van der Waals surface area (Å²) >= 11 is 0. The van der Waals surface area contributed by atoms with Crippen molar-refractivity contribution in [2.75, 3.05) is 13.2 Å². The number of nitrogens with one attached hydrogen (secondary N) is 1. The molecule has 1 unspecified atom stereocenters. The van der Waals surface area contributed by atoms with Crippen molar-refractivity contribution in [3.8, 4) is 0 Å². The van der Waals surface area contributed by atoms with Crippen LogP contribution in [0.5, 0.6) is 0 Å². The van der Waals surface area contributed by atoms with Crippen molar-refractivity contribution in [2.24, 2.45) is 0 Å². The molecule has 2 heterocycles. The highest BCUT2D eigenvalue weighted by Crippen LogP contribution is 2.22. The van der Waals surface area contributed by atoms with E-state index in [0.717, 1.165) is 18.5 Å². The number of carbonyl (C=O) groups is 2. The number of rotatable bonds is 6. The highest BCUT2D eigenvalue weighted by molar-refractivity contribution is 5.98. The van der Waals surface area contributed by atoms with Crippen LogP contribution in [0.15, 0.2) is 6.20 Å². The molecule has 2 rings (SSSR count). The van der Waals surface area contributed by atoms with E-state index in [1.165, 1.54) is 6.20 Å². The Bertz CT molecular complexity index is 557. The van der Waals surface area contributed by atoms with Crippen LogP contribution in [0, 0.1) is 6.92 Å². The second-order valence-electron chi connectivity index (χ2n) is 5.70. The Morgan fingerprint density at radius 3 is 2.68 bits per heavy atom. The molecule has 0 aliphatic carbocycles. The van der Waals surface area contributed by atoms with E-state index < -0.39 is 17.4 Å². The summed E-state index contributed by atoms with van der Waals surface area (Å²) in [5.74, 6) is -1.48. The van der Waals surface area contributed by atoms with Crippen LogP contribution in [0.25, 0.3) is 0 Å². The Morgan fingerprint density at radius 2 is 2.18 bits per heavy atom. The first kappa shape index (κ1) is 16.5. The van der Waals surface area contributed by atoms with E-state index in [1.807, 2.05) is 11.6 Å². The predicted octanol–water partition coefficient (Wildman–Crippen LogP) is 1.53. The third kappa shape index (κ3) is 2.85. The standard InChI is InChI=1S/C15H23N3O4/c1-4-11(5-2)18-10(3)12(8-16-18)13(19)17-15(14(20)21)6-7-22-9-15/h8,11H,4-7,9H2,1-3H3,(H,17,19)(H,20,21). The zero-order valence-electron chi connectivity index (χ0n) is 13.3. The fourth-order valence-electron chi connectivity index (χ4n) is 2.82. The average Bonchev–Trinajstić information content (AvgIpc) is 3.09. The third-order valence-electron chi connectivity index (χ3n) is 4.36. The van der Waals surface area contributed by atoms with Gasteiger partial charge >= 0.3 is 5.97 Å². The maximum atomic E-state index is 12.5. The number of ether oxygens (including phenoxy) is 1. The van der Waals surface area contributed by atoms with Crippen LogP contribution in [0.1, 0.15) is 55.2 Å². The number of hydrogen-bond donors (Lipinski definition) is 2. The molecule has 0 saturated carbocycles. The van der Waals surface area contributed by atoms with Crippen LogP contribution in [0.3, 0.4) is 0 Å². The molecule has 1 atom stereocenters. The Hall–Kier alpha value is -1.89. The lowest BCUT2D eigenvalue weighted by Gasteiger charge is -2.23. The molecule has 122 valence electrons. The first-order chi connectivity index (χ1) is 10.4. The fraction of sp³-hybridized carbons (Fsp3) is 0.667. The number of aliphatic carboxylic acids is 1. The lowest BCUT2D eigenvalue weighted by atomic mass is 9.98. The van der Waals surface area contributed by atoms with E-state index in [9.17, 15) is 14.7 Å². The normalized spacial score (nSPS) is 21.3. The Labute approximate surface area is 129 Å². The molecule has 1 fully saturated rings. The number of carboxylic acid groups (broad SMARTS) is 1. The topological polar surface area (TPSA) is 93.5 Å². The van der Waals surface area contributed by atoms with E-state index in [0.29, 0.717) is 12.2 Å². The molecular weight excluding hydrogens is 286 g/mol. The van der Waals surface area contributed by atoms with Gasteiger partial charge in [0.1, 0.15) is 0 Å². The van der Waals surface area contributed by atoms with Gasteiger partial charge in [0.25, 0.3) is 5.91 Å². The van der Waals surface area contributed by atoms with Gasteiger partial charge < -0.3 is 15.2 Å². The van der Waals surface area contributed by atoms with Gasteiger partial charge in [-0.05, 0) is 19.8 Å². The molecule has 1 aliphatic rings. The molecule has 7 nitrogen and oxygen atoms in total. The summed E-state index contributed by atoms with van der Waals surface area (Å²) in [6, 6.07) is 0.241. The fourth-order valence-corrected chi connectivity index (χ4v) is 2.82. The molecule has 1 aromatic heterocycles. The quantitative estimate of drug-likeness (QED) is 0.831. The minimum atomic E-state index is -1.33. The zero-order chi connectivity index (χ0) is 16.3. The van der Waals surface area contributed by atoms with E-state index >= 15 is 0 Å². The van der Waals surface area contributed by atoms with Crippen molar-refractivity contribution >= 4 is 11.9 Å². The smallest absolute Gasteiger partial charge is 0.331 e. The van der Waals surface area contributed by atoms with E-state index in [1.54, 1.807) is 0 Å². The average molecular weight is 309 g/mol. The Kier molecular flexibility index (Phi) is 4.85. The highest BCUT2D eigenvalue weighted by atomic mass is 16.5. The van der Waals surface area contributed by atoms with E-state index in [2.05, 4.69) is 24.3 Å². The van der Waals surface area contributed by atoms with Crippen molar-refractivity contribution in [2.45, 2.75) is 51.6 Å². The second kappa shape index (κ2) is 6.48. The van der Waals surface area contributed by atoms with E-state index in [4.69, 9.17) is 4.74 Å². The maximum Gasteiger partial charge on any atom is 0.331 e. The van der Waals surface area contributed by atoms with Gasteiger partial charge in [0.15, 0.2) is 5.54 Å². The first-order valence-corrected chi connectivity index (χ1v) is 7.63. The van der Waals surface area contributed by atoms with Crippen molar-refractivity contribution in [1.29, 1.82) is 0 Å². The predicted molar refractivity (Wildman–Crippen MR) is 79.9 cm³/mol. The van der Waals surface area contributed by atoms with Gasteiger partial charge in [-0.1, -0.05) is 13.8 Å². The molecule has 1 aromatic rings. The molecule has 0 bridgehead atoms. The molecule has 1 amide bonds. The summed E-state index contributed by atoms with van der Waals surface area (Å²) in [7, 11) is 0. The summed E-state index contributed by atoms with van der Waals surface area (Å²) < 4.78 is 6.99. The number of aromatic nitrogens is 2. The molecule has 0 aromatic carbocycles. The summed E-state index contributed by atoms with van der Waals surface area (Å²) in [6.07, 6.45) is 3.63. The van der Waals surface area contributed by atoms with Crippen LogP contribution in [0.4, 0.5) is 0 Å². The first-order valence-electron chi connectivity index (χ1n) is 7.63. The van der Waals surface area contributed by atoms with Gasteiger partial charge in [-0.3, -0.25) is 9.48 Å². The van der Waals surface area contributed by atoms with Crippen LogP contribution in [-0.2, 0) is 9.53 Å². The molecule has 0 radical (unpaired) electrons. The number of amides is 1. The summed E-state index contributed by atoms with van der Waals surface area (Å²) in [5.41, 5.74) is -0.161. The van der Waals surface area contributed by atoms with Gasteiger partial charge in [0.05, 0.1) is 24.4 Å².